The molecule has 1 atom stereocenters. The molecule has 2 aromatic rings. The number of likely N-dealkylation sites (N-methyl/N-ethyl adjacent to an activating group) is 1. The molecule has 3 aliphatic heterocycles. The van der Waals surface area contributed by atoms with Crippen LogP contribution in [0.1, 0.15) is 28.5 Å². The predicted molar refractivity (Wildman–Crippen MR) is 129 cm³/mol. The van der Waals surface area contributed by atoms with Gasteiger partial charge in [-0.15, -0.1) is 0 Å². The van der Waals surface area contributed by atoms with Crippen molar-refractivity contribution in [1.82, 2.24) is 29.7 Å². The number of nitrogens with zero attached hydrogens (tertiary/aromatic N) is 8. The lowest BCUT2D eigenvalue weighted by Gasteiger charge is -2.37. The zero-order valence-corrected chi connectivity index (χ0v) is 20.4. The van der Waals surface area contributed by atoms with Gasteiger partial charge < -0.3 is 19.6 Å². The number of carbonyl (C=O) groups is 2. The number of halogens is 3. The minimum Gasteiger partial charge on any atom is -0.337 e. The molecule has 0 spiro atoms. The molecular formula is C24H27F3N8O2. The van der Waals surface area contributed by atoms with E-state index in [0.29, 0.717) is 64.3 Å². The minimum absolute atomic E-state index is 0.221. The second kappa shape index (κ2) is 10.3. The van der Waals surface area contributed by atoms with Crippen LogP contribution in [0.3, 0.4) is 0 Å². The molecule has 0 bridgehead atoms. The molecule has 10 nitrogen and oxygen atoms in total. The van der Waals surface area contributed by atoms with Crippen molar-refractivity contribution < 1.29 is 22.8 Å². The topological polar surface area (TPSA) is 88.5 Å². The Labute approximate surface area is 212 Å². The third kappa shape index (κ3) is 5.22. The second-order valence-corrected chi connectivity index (χ2v) is 9.32. The number of hydrazone groups is 1. The molecule has 0 unspecified atom stereocenters. The smallest absolute Gasteiger partial charge is 0.337 e. The summed E-state index contributed by atoms with van der Waals surface area (Å²) in [6, 6.07) is 2.21. The summed E-state index contributed by atoms with van der Waals surface area (Å²) in [6.07, 6.45) is 2.90. The summed E-state index contributed by atoms with van der Waals surface area (Å²) < 4.78 is 41.9. The van der Waals surface area contributed by atoms with Gasteiger partial charge in [0.1, 0.15) is 11.6 Å². The number of benzene rings is 1. The lowest BCUT2D eigenvalue weighted by atomic mass is 10.0. The molecule has 5 rings (SSSR count). The van der Waals surface area contributed by atoms with Crippen LogP contribution < -0.4 is 4.90 Å². The van der Waals surface area contributed by atoms with Gasteiger partial charge in [0.15, 0.2) is 11.5 Å². The number of piperazine rings is 2. The zero-order chi connectivity index (χ0) is 26.1. The van der Waals surface area contributed by atoms with Crippen LogP contribution in [0.5, 0.6) is 0 Å². The Kier molecular flexibility index (Phi) is 6.96. The molecule has 0 N–H and O–H groups in total. The molecule has 1 aromatic heterocycles. The van der Waals surface area contributed by atoms with E-state index < -0.39 is 29.4 Å². The van der Waals surface area contributed by atoms with Crippen LogP contribution in [0.15, 0.2) is 29.5 Å². The fraction of sp³-hybridized carbons (Fsp3) is 0.458. The van der Waals surface area contributed by atoms with Gasteiger partial charge in [-0.1, -0.05) is 0 Å². The Morgan fingerprint density at radius 2 is 1.54 bits per heavy atom. The fourth-order valence-electron chi connectivity index (χ4n) is 4.70. The van der Waals surface area contributed by atoms with Gasteiger partial charge in [0.25, 0.3) is 5.91 Å². The molecule has 4 heterocycles. The van der Waals surface area contributed by atoms with Gasteiger partial charge in [0.2, 0.25) is 5.95 Å². The van der Waals surface area contributed by atoms with Gasteiger partial charge in [0, 0.05) is 71.1 Å². The third-order valence-electron chi connectivity index (χ3n) is 6.85. The van der Waals surface area contributed by atoms with Gasteiger partial charge in [-0.2, -0.15) is 5.10 Å². The van der Waals surface area contributed by atoms with Crippen molar-refractivity contribution in [1.29, 1.82) is 0 Å². The number of urea groups is 1. The maximum atomic E-state index is 14.5. The molecule has 196 valence electrons. The maximum absolute atomic E-state index is 14.5. The monoisotopic (exact) mass is 516 g/mol. The zero-order valence-electron chi connectivity index (χ0n) is 20.4. The first-order valence-corrected chi connectivity index (χ1v) is 12.1. The molecule has 13 heteroatoms. The normalized spacial score (nSPS) is 20.6. The van der Waals surface area contributed by atoms with E-state index >= 15 is 0 Å². The van der Waals surface area contributed by atoms with Gasteiger partial charge in [-0.25, -0.2) is 32.9 Å². The van der Waals surface area contributed by atoms with Crippen LogP contribution in [-0.4, -0.2) is 107 Å². The van der Waals surface area contributed by atoms with Crippen molar-refractivity contribution in [3.63, 3.8) is 0 Å². The van der Waals surface area contributed by atoms with E-state index in [0.717, 1.165) is 12.3 Å². The molecule has 0 saturated carbocycles. The summed E-state index contributed by atoms with van der Waals surface area (Å²) in [5.74, 6) is -2.44. The number of anilines is 1. The molecule has 2 fully saturated rings. The van der Waals surface area contributed by atoms with E-state index in [1.165, 1.54) is 17.1 Å². The van der Waals surface area contributed by atoms with Crippen LogP contribution in [0.2, 0.25) is 0 Å². The van der Waals surface area contributed by atoms with Gasteiger partial charge in [-0.05, 0) is 24.7 Å². The van der Waals surface area contributed by atoms with E-state index in [9.17, 15) is 22.8 Å². The highest BCUT2D eigenvalue weighted by molar-refractivity contribution is 5.93. The van der Waals surface area contributed by atoms with Crippen molar-refractivity contribution in [2.45, 2.75) is 12.5 Å². The van der Waals surface area contributed by atoms with E-state index in [1.54, 1.807) is 20.9 Å². The lowest BCUT2D eigenvalue weighted by molar-refractivity contribution is 0.0653. The van der Waals surface area contributed by atoms with Crippen LogP contribution >= 0.6 is 0 Å². The molecule has 3 amide bonds. The highest BCUT2D eigenvalue weighted by Gasteiger charge is 2.34. The quantitative estimate of drug-likeness (QED) is 0.620. The van der Waals surface area contributed by atoms with Crippen molar-refractivity contribution in [3.05, 3.63) is 53.1 Å². The minimum atomic E-state index is -0.770. The van der Waals surface area contributed by atoms with Crippen molar-refractivity contribution in [3.8, 4) is 0 Å². The Balaban J connectivity index is 1.23. The first-order valence-electron chi connectivity index (χ1n) is 12.1. The molecule has 1 aromatic carbocycles. The van der Waals surface area contributed by atoms with Crippen molar-refractivity contribution >= 4 is 24.1 Å². The number of amides is 3. The molecule has 0 radical (unpaired) electrons. The van der Waals surface area contributed by atoms with E-state index in [1.807, 2.05) is 7.05 Å². The maximum Gasteiger partial charge on any atom is 0.341 e. The molecular weight excluding hydrogens is 489 g/mol. The standard InChI is InChI=1S/C24H27F3N8O2/c1-31-4-6-32(7-5-31)22(36)21-19(27)15-28-23(30-21)33-8-10-34(11-9-33)24(37)35-20(2-3-29-35)16-12-17(25)14-18(26)13-16/h3,12-15,20H,2,4-11H2,1H3/t20-/m0/s1. The third-order valence-corrected chi connectivity index (χ3v) is 6.85. The number of hydrogen-bond donors (Lipinski definition) is 0. The predicted octanol–water partition coefficient (Wildman–Crippen LogP) is 1.96. The largest absolute Gasteiger partial charge is 0.341 e. The first kappa shape index (κ1) is 24.9. The van der Waals surface area contributed by atoms with Crippen LogP contribution in [0, 0.1) is 17.5 Å². The summed E-state index contributed by atoms with van der Waals surface area (Å²) in [6.45, 7) is 3.73. The number of hydrogen-bond acceptors (Lipinski definition) is 7. The lowest BCUT2D eigenvalue weighted by Crippen LogP contribution is -2.52. The summed E-state index contributed by atoms with van der Waals surface area (Å²) in [7, 11) is 1.97. The van der Waals surface area contributed by atoms with Crippen LogP contribution in [0.25, 0.3) is 0 Å². The Bertz CT molecular complexity index is 1190. The van der Waals surface area contributed by atoms with E-state index in [2.05, 4.69) is 20.0 Å². The Morgan fingerprint density at radius 1 is 0.892 bits per heavy atom. The van der Waals surface area contributed by atoms with Crippen LogP contribution in [-0.2, 0) is 0 Å². The first-order chi connectivity index (χ1) is 17.8. The van der Waals surface area contributed by atoms with Gasteiger partial charge in [-0.3, -0.25) is 4.79 Å². The molecule has 2 saturated heterocycles. The van der Waals surface area contributed by atoms with Crippen molar-refractivity contribution in [2.24, 2.45) is 5.10 Å². The summed E-state index contributed by atoms with van der Waals surface area (Å²) in [5.41, 5.74) is 0.0730. The molecule has 0 aliphatic carbocycles. The SMILES string of the molecule is CN1CCN(C(=O)c2nc(N3CCN(C(=O)N4N=CC[C@H]4c4cc(F)cc(F)c4)CC3)ncc2F)CC1. The average molecular weight is 517 g/mol. The summed E-state index contributed by atoms with van der Waals surface area (Å²) in [5, 5.41) is 5.38. The second-order valence-electron chi connectivity index (χ2n) is 9.32. The van der Waals surface area contributed by atoms with Crippen LogP contribution in [0.4, 0.5) is 23.9 Å². The van der Waals surface area contributed by atoms with Crippen molar-refractivity contribution in [2.75, 3.05) is 64.3 Å². The average Bonchev–Trinajstić information content (AvgIpc) is 3.38. The summed E-state index contributed by atoms with van der Waals surface area (Å²) >= 11 is 0. The number of aromatic nitrogens is 2. The molecule has 3 aliphatic rings. The van der Waals surface area contributed by atoms with E-state index in [4.69, 9.17) is 0 Å². The summed E-state index contributed by atoms with van der Waals surface area (Å²) in [4.78, 5) is 41.4. The Morgan fingerprint density at radius 3 is 2.22 bits per heavy atom. The Hall–Kier alpha value is -3.74. The van der Waals surface area contributed by atoms with Gasteiger partial charge >= 0.3 is 6.03 Å². The molecule has 37 heavy (non-hydrogen) atoms. The highest BCUT2D eigenvalue weighted by Crippen LogP contribution is 2.30. The number of rotatable bonds is 3. The highest BCUT2D eigenvalue weighted by atomic mass is 19.1. The van der Waals surface area contributed by atoms with E-state index in [-0.39, 0.29) is 17.7 Å². The van der Waals surface area contributed by atoms with Gasteiger partial charge in [0.05, 0.1) is 12.2 Å². The number of carbonyl (C=O) groups excluding carboxylic acids is 2. The fourth-order valence-corrected chi connectivity index (χ4v) is 4.70.